The average molecular weight is 343 g/mol. The summed E-state index contributed by atoms with van der Waals surface area (Å²) in [5, 5.41) is 0. The Labute approximate surface area is 154 Å². The normalized spacial score (nSPS) is 11.6. The molecule has 0 saturated carbocycles. The number of allylic oxidation sites excluding steroid dienone is 1. The summed E-state index contributed by atoms with van der Waals surface area (Å²) in [7, 11) is 0. The predicted octanol–water partition coefficient (Wildman–Crippen LogP) is 5.38. The van der Waals surface area contributed by atoms with Crippen molar-refractivity contribution in [2.24, 2.45) is 0 Å². The summed E-state index contributed by atoms with van der Waals surface area (Å²) in [6.07, 6.45) is 4.51. The Kier molecular flexibility index (Phi) is 5.59. The Morgan fingerprint density at radius 3 is 2.04 bits per heavy atom. The molecule has 1 aromatic heterocycles. The standard InChI is InChI=1S/C23H21NO2/c1-3-22(18-7-5-4-6-8-18)23(20-13-15-24-16-14-20)19-9-11-21(12-10-19)26-17(2)25/h4-16H,3H2,1-2H3/b23-22+. The van der Waals surface area contributed by atoms with Crippen molar-refractivity contribution < 1.29 is 9.53 Å². The van der Waals surface area contributed by atoms with Gasteiger partial charge in [0, 0.05) is 19.3 Å². The van der Waals surface area contributed by atoms with Gasteiger partial charge in [-0.25, -0.2) is 0 Å². The summed E-state index contributed by atoms with van der Waals surface area (Å²) in [5.41, 5.74) is 5.81. The monoisotopic (exact) mass is 343 g/mol. The van der Waals surface area contributed by atoms with E-state index in [-0.39, 0.29) is 5.97 Å². The molecule has 0 fully saturated rings. The molecule has 26 heavy (non-hydrogen) atoms. The molecule has 0 aliphatic carbocycles. The van der Waals surface area contributed by atoms with Gasteiger partial charge < -0.3 is 4.74 Å². The number of carbonyl (C=O) groups excluding carboxylic acids is 1. The SMILES string of the molecule is CC/C(=C(\c1ccncc1)c1ccc(OC(C)=O)cc1)c1ccccc1. The quantitative estimate of drug-likeness (QED) is 0.355. The van der Waals surface area contributed by atoms with Crippen molar-refractivity contribution in [1.29, 1.82) is 0 Å². The van der Waals surface area contributed by atoms with Crippen molar-refractivity contribution in [1.82, 2.24) is 4.98 Å². The molecule has 0 aliphatic rings. The summed E-state index contributed by atoms with van der Waals surface area (Å²) in [4.78, 5) is 15.3. The van der Waals surface area contributed by atoms with E-state index in [1.165, 1.54) is 18.1 Å². The molecular formula is C23H21NO2. The zero-order chi connectivity index (χ0) is 18.4. The van der Waals surface area contributed by atoms with E-state index in [0.29, 0.717) is 5.75 Å². The highest BCUT2D eigenvalue weighted by Gasteiger charge is 2.13. The van der Waals surface area contributed by atoms with Gasteiger partial charge in [-0.1, -0.05) is 49.4 Å². The van der Waals surface area contributed by atoms with Gasteiger partial charge in [0.05, 0.1) is 0 Å². The molecule has 0 spiro atoms. The number of nitrogens with zero attached hydrogens (tertiary/aromatic N) is 1. The van der Waals surface area contributed by atoms with Gasteiger partial charge in [-0.05, 0) is 58.5 Å². The third-order valence-electron chi connectivity index (χ3n) is 4.15. The van der Waals surface area contributed by atoms with Crippen LogP contribution in [-0.2, 0) is 4.79 Å². The van der Waals surface area contributed by atoms with Crippen LogP contribution in [0, 0.1) is 0 Å². The number of ether oxygens (including phenoxy) is 1. The van der Waals surface area contributed by atoms with E-state index < -0.39 is 0 Å². The first-order valence-electron chi connectivity index (χ1n) is 8.67. The van der Waals surface area contributed by atoms with Crippen LogP contribution in [0.3, 0.4) is 0 Å². The van der Waals surface area contributed by atoms with E-state index in [4.69, 9.17) is 4.74 Å². The second kappa shape index (κ2) is 8.26. The molecule has 130 valence electrons. The maximum absolute atomic E-state index is 11.2. The van der Waals surface area contributed by atoms with Crippen molar-refractivity contribution in [3.63, 3.8) is 0 Å². The van der Waals surface area contributed by atoms with Gasteiger partial charge in [0.2, 0.25) is 0 Å². The Morgan fingerprint density at radius 2 is 1.46 bits per heavy atom. The first kappa shape index (κ1) is 17.6. The fourth-order valence-corrected chi connectivity index (χ4v) is 3.05. The molecule has 3 aromatic rings. The molecule has 3 heteroatoms. The van der Waals surface area contributed by atoms with Crippen LogP contribution in [0.2, 0.25) is 0 Å². The molecule has 0 unspecified atom stereocenters. The predicted molar refractivity (Wildman–Crippen MR) is 105 cm³/mol. The number of pyridine rings is 1. The van der Waals surface area contributed by atoms with E-state index in [0.717, 1.165) is 23.1 Å². The van der Waals surface area contributed by atoms with Crippen LogP contribution in [0.15, 0.2) is 79.1 Å². The summed E-state index contributed by atoms with van der Waals surface area (Å²) in [6, 6.07) is 22.1. The number of esters is 1. The fourth-order valence-electron chi connectivity index (χ4n) is 3.05. The van der Waals surface area contributed by atoms with Crippen LogP contribution in [0.25, 0.3) is 11.1 Å². The number of aromatic nitrogens is 1. The number of hydrogen-bond acceptors (Lipinski definition) is 3. The molecule has 3 nitrogen and oxygen atoms in total. The molecule has 0 atom stereocenters. The number of carbonyl (C=O) groups is 1. The van der Waals surface area contributed by atoms with E-state index in [9.17, 15) is 4.79 Å². The van der Waals surface area contributed by atoms with Crippen LogP contribution < -0.4 is 4.74 Å². The first-order chi connectivity index (χ1) is 12.7. The Balaban J connectivity index is 2.16. The van der Waals surface area contributed by atoms with Crippen LogP contribution in [0.1, 0.15) is 37.0 Å². The van der Waals surface area contributed by atoms with Gasteiger partial charge in [-0.15, -0.1) is 0 Å². The zero-order valence-electron chi connectivity index (χ0n) is 15.0. The van der Waals surface area contributed by atoms with Crippen molar-refractivity contribution in [2.75, 3.05) is 0 Å². The second-order valence-corrected chi connectivity index (χ2v) is 5.93. The maximum Gasteiger partial charge on any atom is 0.308 e. The zero-order valence-corrected chi connectivity index (χ0v) is 15.0. The van der Waals surface area contributed by atoms with E-state index in [2.05, 4.69) is 36.2 Å². The molecule has 0 aliphatic heterocycles. The lowest BCUT2D eigenvalue weighted by Gasteiger charge is -2.16. The molecule has 1 heterocycles. The van der Waals surface area contributed by atoms with Gasteiger partial charge >= 0.3 is 5.97 Å². The van der Waals surface area contributed by atoms with Crippen molar-refractivity contribution in [3.8, 4) is 5.75 Å². The molecule has 0 amide bonds. The molecule has 0 N–H and O–H groups in total. The van der Waals surface area contributed by atoms with Crippen LogP contribution >= 0.6 is 0 Å². The molecule has 0 saturated heterocycles. The summed E-state index contributed by atoms with van der Waals surface area (Å²) in [5.74, 6) is 0.231. The van der Waals surface area contributed by atoms with E-state index in [1.807, 2.05) is 42.5 Å². The number of benzene rings is 2. The Bertz CT molecular complexity index is 898. The van der Waals surface area contributed by atoms with E-state index in [1.54, 1.807) is 12.4 Å². The molecular weight excluding hydrogens is 322 g/mol. The van der Waals surface area contributed by atoms with Gasteiger partial charge in [-0.2, -0.15) is 0 Å². The van der Waals surface area contributed by atoms with Gasteiger partial charge in [0.15, 0.2) is 0 Å². The highest BCUT2D eigenvalue weighted by Crippen LogP contribution is 2.34. The van der Waals surface area contributed by atoms with Crippen molar-refractivity contribution in [3.05, 3.63) is 95.8 Å². The minimum absolute atomic E-state index is 0.318. The minimum Gasteiger partial charge on any atom is -0.427 e. The smallest absolute Gasteiger partial charge is 0.308 e. The number of hydrogen-bond donors (Lipinski definition) is 0. The van der Waals surface area contributed by atoms with Gasteiger partial charge in [0.25, 0.3) is 0 Å². The lowest BCUT2D eigenvalue weighted by Crippen LogP contribution is -2.01. The Morgan fingerprint density at radius 1 is 0.846 bits per heavy atom. The van der Waals surface area contributed by atoms with Gasteiger partial charge in [-0.3, -0.25) is 9.78 Å². The largest absolute Gasteiger partial charge is 0.427 e. The van der Waals surface area contributed by atoms with Crippen LogP contribution in [-0.4, -0.2) is 11.0 Å². The van der Waals surface area contributed by atoms with E-state index >= 15 is 0 Å². The van der Waals surface area contributed by atoms with Crippen LogP contribution in [0.4, 0.5) is 0 Å². The Hall–Kier alpha value is -3.20. The second-order valence-electron chi connectivity index (χ2n) is 5.93. The summed E-state index contributed by atoms with van der Waals surface area (Å²) < 4.78 is 5.16. The minimum atomic E-state index is -0.318. The van der Waals surface area contributed by atoms with Crippen molar-refractivity contribution >= 4 is 17.1 Å². The third-order valence-corrected chi connectivity index (χ3v) is 4.15. The van der Waals surface area contributed by atoms with Crippen LogP contribution in [0.5, 0.6) is 5.75 Å². The third kappa shape index (κ3) is 4.06. The average Bonchev–Trinajstić information content (AvgIpc) is 2.68. The maximum atomic E-state index is 11.2. The first-order valence-corrected chi connectivity index (χ1v) is 8.67. The molecule has 3 rings (SSSR count). The highest BCUT2D eigenvalue weighted by atomic mass is 16.5. The topological polar surface area (TPSA) is 39.2 Å². The van der Waals surface area contributed by atoms with Gasteiger partial charge in [0.1, 0.15) is 5.75 Å². The molecule has 0 radical (unpaired) electrons. The molecule has 0 bridgehead atoms. The van der Waals surface area contributed by atoms with Crippen molar-refractivity contribution in [2.45, 2.75) is 20.3 Å². The number of rotatable bonds is 5. The lowest BCUT2D eigenvalue weighted by atomic mass is 9.88. The molecule has 2 aromatic carbocycles. The lowest BCUT2D eigenvalue weighted by molar-refractivity contribution is -0.131. The highest BCUT2D eigenvalue weighted by molar-refractivity contribution is 5.98. The summed E-state index contributed by atoms with van der Waals surface area (Å²) in [6.45, 7) is 3.57. The fraction of sp³-hybridized carbons (Fsp3) is 0.130. The summed E-state index contributed by atoms with van der Waals surface area (Å²) >= 11 is 0.